The van der Waals surface area contributed by atoms with Crippen molar-refractivity contribution < 1.29 is 9.15 Å². The van der Waals surface area contributed by atoms with Gasteiger partial charge in [0.05, 0.1) is 7.11 Å². The summed E-state index contributed by atoms with van der Waals surface area (Å²) in [5.74, 6) is 1.97. The SMILES string of the molecule is COc1ccc(N2CCN([C@H](c3ccccc3)c3nnc(-c4ccc(Cl)cc4)o3)CC2)cc1. The van der Waals surface area contributed by atoms with Gasteiger partial charge in [-0.15, -0.1) is 10.2 Å². The maximum atomic E-state index is 6.18. The predicted molar refractivity (Wildman–Crippen MR) is 130 cm³/mol. The minimum atomic E-state index is -0.0993. The molecule has 6 nitrogen and oxygen atoms in total. The zero-order chi connectivity index (χ0) is 22.6. The summed E-state index contributed by atoms with van der Waals surface area (Å²) in [7, 11) is 1.69. The van der Waals surface area contributed by atoms with Gasteiger partial charge in [-0.25, -0.2) is 0 Å². The van der Waals surface area contributed by atoms with Crippen LogP contribution in [0.1, 0.15) is 17.5 Å². The molecule has 4 aromatic rings. The van der Waals surface area contributed by atoms with E-state index in [9.17, 15) is 0 Å². The summed E-state index contributed by atoms with van der Waals surface area (Å²) in [6.07, 6.45) is 0. The van der Waals surface area contributed by atoms with E-state index in [4.69, 9.17) is 20.8 Å². The summed E-state index contributed by atoms with van der Waals surface area (Å²) < 4.78 is 11.5. The van der Waals surface area contributed by atoms with Crippen molar-refractivity contribution in [3.8, 4) is 17.2 Å². The van der Waals surface area contributed by atoms with Gasteiger partial charge >= 0.3 is 0 Å². The lowest BCUT2D eigenvalue weighted by Crippen LogP contribution is -2.48. The molecule has 1 atom stereocenters. The number of piperazine rings is 1. The summed E-state index contributed by atoms with van der Waals surface area (Å²) in [4.78, 5) is 4.81. The van der Waals surface area contributed by atoms with Crippen LogP contribution >= 0.6 is 11.6 Å². The highest BCUT2D eigenvalue weighted by molar-refractivity contribution is 6.30. The smallest absolute Gasteiger partial charge is 0.247 e. The van der Waals surface area contributed by atoms with Crippen molar-refractivity contribution in [1.82, 2.24) is 15.1 Å². The van der Waals surface area contributed by atoms with Crippen LogP contribution in [0.5, 0.6) is 5.75 Å². The van der Waals surface area contributed by atoms with E-state index in [-0.39, 0.29) is 6.04 Å². The summed E-state index contributed by atoms with van der Waals surface area (Å²) in [5, 5.41) is 9.45. The third-order valence-electron chi connectivity index (χ3n) is 6.00. The highest BCUT2D eigenvalue weighted by atomic mass is 35.5. The van der Waals surface area contributed by atoms with Gasteiger partial charge in [0, 0.05) is 42.5 Å². The van der Waals surface area contributed by atoms with Crippen molar-refractivity contribution in [1.29, 1.82) is 0 Å². The Hall–Kier alpha value is -3.35. The number of nitrogens with zero attached hydrogens (tertiary/aromatic N) is 4. The Balaban J connectivity index is 1.37. The van der Waals surface area contributed by atoms with Crippen LogP contribution < -0.4 is 9.64 Å². The molecule has 1 aromatic heterocycles. The lowest BCUT2D eigenvalue weighted by molar-refractivity contribution is 0.188. The van der Waals surface area contributed by atoms with Gasteiger partial charge in [-0.1, -0.05) is 41.9 Å². The number of hydrogen-bond acceptors (Lipinski definition) is 6. The fraction of sp³-hybridized carbons (Fsp3) is 0.231. The van der Waals surface area contributed by atoms with Gasteiger partial charge < -0.3 is 14.1 Å². The van der Waals surface area contributed by atoms with E-state index in [0.29, 0.717) is 16.8 Å². The van der Waals surface area contributed by atoms with Gasteiger partial charge in [0.1, 0.15) is 11.8 Å². The standard InChI is InChI=1S/C26H25ClN4O2/c1-32-23-13-11-22(12-14-23)30-15-17-31(18-16-30)24(19-5-3-2-4-6-19)26-29-28-25(33-26)20-7-9-21(27)10-8-20/h2-14,24H,15-18H2,1H3/t24-/m1/s1. The maximum absolute atomic E-state index is 6.18. The van der Waals surface area contributed by atoms with Gasteiger partial charge in [-0.3, -0.25) is 4.90 Å². The van der Waals surface area contributed by atoms with Crippen molar-refractivity contribution >= 4 is 17.3 Å². The minimum absolute atomic E-state index is 0.0993. The summed E-state index contributed by atoms with van der Waals surface area (Å²) in [6, 6.07) is 25.9. The van der Waals surface area contributed by atoms with E-state index >= 15 is 0 Å². The molecule has 0 saturated carbocycles. The van der Waals surface area contributed by atoms with E-state index < -0.39 is 0 Å². The van der Waals surface area contributed by atoms with Crippen LogP contribution in [0.3, 0.4) is 0 Å². The van der Waals surface area contributed by atoms with Crippen molar-refractivity contribution in [3.63, 3.8) is 0 Å². The number of halogens is 1. The van der Waals surface area contributed by atoms with Crippen molar-refractivity contribution in [2.24, 2.45) is 0 Å². The van der Waals surface area contributed by atoms with E-state index in [2.05, 4.69) is 44.3 Å². The van der Waals surface area contributed by atoms with Crippen LogP contribution in [0.15, 0.2) is 83.3 Å². The first-order valence-electron chi connectivity index (χ1n) is 11.0. The molecule has 168 valence electrons. The Morgan fingerprint density at radius 1 is 0.848 bits per heavy atom. The van der Waals surface area contributed by atoms with Crippen molar-refractivity contribution in [3.05, 3.63) is 95.3 Å². The molecule has 3 aromatic carbocycles. The zero-order valence-corrected chi connectivity index (χ0v) is 19.2. The molecule has 5 rings (SSSR count). The molecular formula is C26H25ClN4O2. The number of anilines is 1. The molecule has 1 saturated heterocycles. The second-order valence-electron chi connectivity index (χ2n) is 7.99. The fourth-order valence-electron chi connectivity index (χ4n) is 4.23. The monoisotopic (exact) mass is 460 g/mol. The number of ether oxygens (including phenoxy) is 1. The lowest BCUT2D eigenvalue weighted by Gasteiger charge is -2.39. The van der Waals surface area contributed by atoms with Crippen molar-refractivity contribution in [2.75, 3.05) is 38.2 Å². The Kier molecular flexibility index (Phi) is 6.28. The van der Waals surface area contributed by atoms with Crippen LogP contribution in [0.4, 0.5) is 5.69 Å². The van der Waals surface area contributed by atoms with Gasteiger partial charge in [0.2, 0.25) is 11.8 Å². The molecule has 33 heavy (non-hydrogen) atoms. The third-order valence-corrected chi connectivity index (χ3v) is 6.25. The van der Waals surface area contributed by atoms with Gasteiger partial charge in [0.25, 0.3) is 0 Å². The quantitative estimate of drug-likeness (QED) is 0.388. The Labute approximate surface area is 198 Å². The van der Waals surface area contributed by atoms with E-state index in [1.807, 2.05) is 54.6 Å². The molecule has 0 aliphatic carbocycles. The molecule has 1 fully saturated rings. The normalized spacial score (nSPS) is 15.4. The van der Waals surface area contributed by atoms with Crippen molar-refractivity contribution in [2.45, 2.75) is 6.04 Å². The fourth-order valence-corrected chi connectivity index (χ4v) is 4.36. The minimum Gasteiger partial charge on any atom is -0.497 e. The maximum Gasteiger partial charge on any atom is 0.247 e. The molecule has 7 heteroatoms. The molecule has 1 aliphatic heterocycles. The summed E-state index contributed by atoms with van der Waals surface area (Å²) >= 11 is 6.02. The largest absolute Gasteiger partial charge is 0.497 e. The molecule has 0 bridgehead atoms. The Morgan fingerprint density at radius 2 is 1.55 bits per heavy atom. The van der Waals surface area contributed by atoms with Crippen LogP contribution in [0, 0.1) is 0 Å². The van der Waals surface area contributed by atoms with E-state index in [1.54, 1.807) is 7.11 Å². The van der Waals surface area contributed by atoms with E-state index in [0.717, 1.165) is 43.1 Å². The molecule has 0 N–H and O–H groups in total. The highest BCUT2D eigenvalue weighted by Crippen LogP contribution is 2.32. The number of aromatic nitrogens is 2. The molecule has 0 radical (unpaired) electrons. The van der Waals surface area contributed by atoms with Gasteiger partial charge in [0.15, 0.2) is 0 Å². The summed E-state index contributed by atoms with van der Waals surface area (Å²) in [5.41, 5.74) is 3.20. The lowest BCUT2D eigenvalue weighted by atomic mass is 10.0. The molecule has 2 heterocycles. The van der Waals surface area contributed by atoms with E-state index in [1.165, 1.54) is 5.69 Å². The highest BCUT2D eigenvalue weighted by Gasteiger charge is 2.30. The molecular weight excluding hydrogens is 436 g/mol. The number of benzene rings is 3. The van der Waals surface area contributed by atoms with Crippen LogP contribution in [0.25, 0.3) is 11.5 Å². The van der Waals surface area contributed by atoms with Crippen LogP contribution in [0.2, 0.25) is 5.02 Å². The molecule has 1 aliphatic rings. The average Bonchev–Trinajstić information content (AvgIpc) is 3.35. The first kappa shape index (κ1) is 21.5. The third kappa shape index (κ3) is 4.72. The zero-order valence-electron chi connectivity index (χ0n) is 18.4. The second-order valence-corrected chi connectivity index (χ2v) is 8.42. The molecule has 0 spiro atoms. The predicted octanol–water partition coefficient (Wildman–Crippen LogP) is 5.31. The van der Waals surface area contributed by atoms with Gasteiger partial charge in [-0.05, 0) is 54.1 Å². The molecule has 0 amide bonds. The van der Waals surface area contributed by atoms with Gasteiger partial charge in [-0.2, -0.15) is 0 Å². The van der Waals surface area contributed by atoms with Crippen LogP contribution in [-0.4, -0.2) is 48.4 Å². The molecule has 0 unspecified atom stereocenters. The summed E-state index contributed by atoms with van der Waals surface area (Å²) in [6.45, 7) is 3.58. The topological polar surface area (TPSA) is 54.6 Å². The first-order chi connectivity index (χ1) is 16.2. The number of hydrogen-bond donors (Lipinski definition) is 0. The Bertz CT molecular complexity index is 1170. The number of rotatable bonds is 6. The average molecular weight is 461 g/mol. The Morgan fingerprint density at radius 3 is 2.21 bits per heavy atom. The number of methoxy groups -OCH3 is 1. The second kappa shape index (κ2) is 9.65. The van der Waals surface area contributed by atoms with Crippen LogP contribution in [-0.2, 0) is 0 Å². The first-order valence-corrected chi connectivity index (χ1v) is 11.4.